The second kappa shape index (κ2) is 7.50. The molecule has 1 fully saturated rings. The Kier molecular flexibility index (Phi) is 4.93. The Balaban J connectivity index is 1.28. The van der Waals surface area contributed by atoms with Crippen LogP contribution in [0.2, 0.25) is 0 Å². The van der Waals surface area contributed by atoms with Crippen molar-refractivity contribution in [2.75, 3.05) is 24.5 Å². The first kappa shape index (κ1) is 17.1. The summed E-state index contributed by atoms with van der Waals surface area (Å²) in [7, 11) is 0. The number of anilines is 1. The highest BCUT2D eigenvalue weighted by Gasteiger charge is 2.28. The fourth-order valence-electron chi connectivity index (χ4n) is 3.75. The molecule has 2 aromatic rings. The first-order valence-corrected chi connectivity index (χ1v) is 10.0. The Labute approximate surface area is 157 Å². The van der Waals surface area contributed by atoms with Gasteiger partial charge in [0.15, 0.2) is 0 Å². The topological polar surface area (TPSA) is 52.7 Å². The van der Waals surface area contributed by atoms with Crippen LogP contribution in [0.3, 0.4) is 0 Å². The Morgan fingerprint density at radius 2 is 1.88 bits per heavy atom. The van der Waals surface area contributed by atoms with Gasteiger partial charge in [-0.25, -0.2) is 4.79 Å². The van der Waals surface area contributed by atoms with Crippen molar-refractivity contribution in [3.8, 4) is 0 Å². The lowest BCUT2D eigenvalue weighted by molar-refractivity contribution is -0.131. The number of rotatable bonds is 3. The van der Waals surface area contributed by atoms with Gasteiger partial charge in [-0.2, -0.15) is 0 Å². The van der Waals surface area contributed by atoms with E-state index in [9.17, 15) is 9.59 Å². The van der Waals surface area contributed by atoms with Crippen molar-refractivity contribution >= 4 is 29.0 Å². The monoisotopic (exact) mass is 369 g/mol. The summed E-state index contributed by atoms with van der Waals surface area (Å²) in [6.07, 6.45) is 3.04. The molecular weight excluding hydrogens is 346 g/mol. The fourth-order valence-corrected chi connectivity index (χ4v) is 4.44. The van der Waals surface area contributed by atoms with E-state index in [-0.39, 0.29) is 18.0 Å². The molecule has 0 spiro atoms. The van der Waals surface area contributed by atoms with Gasteiger partial charge in [-0.05, 0) is 42.3 Å². The smallest absolute Gasteiger partial charge is 0.322 e. The predicted molar refractivity (Wildman–Crippen MR) is 104 cm³/mol. The maximum Gasteiger partial charge on any atom is 0.322 e. The van der Waals surface area contributed by atoms with E-state index in [1.165, 1.54) is 5.56 Å². The van der Waals surface area contributed by atoms with Crippen LogP contribution >= 0.6 is 11.3 Å². The van der Waals surface area contributed by atoms with Crippen molar-refractivity contribution in [1.82, 2.24) is 10.2 Å². The van der Waals surface area contributed by atoms with Gasteiger partial charge in [0.25, 0.3) is 0 Å². The average molecular weight is 369 g/mol. The molecule has 0 unspecified atom stereocenters. The van der Waals surface area contributed by atoms with Crippen molar-refractivity contribution < 1.29 is 9.59 Å². The molecule has 2 aliphatic heterocycles. The molecule has 0 radical (unpaired) electrons. The van der Waals surface area contributed by atoms with E-state index in [1.54, 1.807) is 11.3 Å². The number of benzene rings is 1. The van der Waals surface area contributed by atoms with E-state index < -0.39 is 0 Å². The van der Waals surface area contributed by atoms with Crippen molar-refractivity contribution in [3.05, 3.63) is 52.2 Å². The van der Waals surface area contributed by atoms with Crippen LogP contribution in [0.4, 0.5) is 10.5 Å². The molecule has 2 aliphatic rings. The van der Waals surface area contributed by atoms with Crippen LogP contribution in [0.25, 0.3) is 0 Å². The van der Waals surface area contributed by atoms with E-state index in [0.29, 0.717) is 19.5 Å². The number of likely N-dealkylation sites (tertiary alicyclic amines) is 1. The molecule has 0 atom stereocenters. The third-order valence-corrected chi connectivity index (χ3v) is 6.09. The number of para-hydroxylation sites is 1. The number of nitrogens with zero attached hydrogens (tertiary/aromatic N) is 2. The molecule has 3 heterocycles. The summed E-state index contributed by atoms with van der Waals surface area (Å²) >= 11 is 1.62. The third kappa shape index (κ3) is 3.60. The van der Waals surface area contributed by atoms with Crippen LogP contribution < -0.4 is 10.2 Å². The molecule has 136 valence electrons. The lowest BCUT2D eigenvalue weighted by Gasteiger charge is -2.33. The van der Waals surface area contributed by atoms with E-state index in [4.69, 9.17) is 0 Å². The van der Waals surface area contributed by atoms with Gasteiger partial charge in [0.05, 0.1) is 6.42 Å². The van der Waals surface area contributed by atoms with Gasteiger partial charge in [0, 0.05) is 36.2 Å². The second-order valence-corrected chi connectivity index (χ2v) is 7.92. The molecule has 3 amide bonds. The van der Waals surface area contributed by atoms with Gasteiger partial charge in [-0.1, -0.05) is 24.3 Å². The molecule has 4 rings (SSSR count). The number of nitrogens with one attached hydrogen (secondary N) is 1. The SMILES string of the molecule is O=C(Cc1cccs1)N1CCC(NC(=O)N2CCc3ccccc32)CC1. The fraction of sp³-hybridized carbons (Fsp3) is 0.400. The van der Waals surface area contributed by atoms with Crippen LogP contribution in [0.15, 0.2) is 41.8 Å². The minimum atomic E-state index is -0.0155. The molecule has 1 aromatic carbocycles. The number of urea groups is 1. The molecule has 6 heteroatoms. The third-order valence-electron chi connectivity index (χ3n) is 5.21. The summed E-state index contributed by atoms with van der Waals surface area (Å²) in [6.45, 7) is 2.17. The highest BCUT2D eigenvalue weighted by Crippen LogP contribution is 2.27. The number of hydrogen-bond acceptors (Lipinski definition) is 3. The summed E-state index contributed by atoms with van der Waals surface area (Å²) in [6, 6.07) is 12.2. The van der Waals surface area contributed by atoms with E-state index in [1.807, 2.05) is 45.5 Å². The van der Waals surface area contributed by atoms with Gasteiger partial charge in [0.2, 0.25) is 5.91 Å². The Hall–Kier alpha value is -2.34. The van der Waals surface area contributed by atoms with Gasteiger partial charge in [-0.3, -0.25) is 9.69 Å². The lowest BCUT2D eigenvalue weighted by Crippen LogP contribution is -2.50. The maximum atomic E-state index is 12.6. The number of hydrogen-bond donors (Lipinski definition) is 1. The molecule has 1 saturated heterocycles. The number of fused-ring (bicyclic) bond motifs is 1. The first-order valence-electron chi connectivity index (χ1n) is 9.17. The molecule has 0 saturated carbocycles. The Bertz CT molecular complexity index is 782. The number of carbonyl (C=O) groups excluding carboxylic acids is 2. The highest BCUT2D eigenvalue weighted by atomic mass is 32.1. The zero-order valence-corrected chi connectivity index (χ0v) is 15.5. The molecule has 0 bridgehead atoms. The Morgan fingerprint density at radius 3 is 2.65 bits per heavy atom. The summed E-state index contributed by atoms with van der Waals surface area (Å²) in [5.74, 6) is 0.186. The Morgan fingerprint density at radius 1 is 1.08 bits per heavy atom. The zero-order valence-electron chi connectivity index (χ0n) is 14.7. The van der Waals surface area contributed by atoms with Gasteiger partial charge >= 0.3 is 6.03 Å². The lowest BCUT2D eigenvalue weighted by atomic mass is 10.0. The van der Waals surface area contributed by atoms with Crippen molar-refractivity contribution in [3.63, 3.8) is 0 Å². The van der Waals surface area contributed by atoms with Crippen LogP contribution in [-0.4, -0.2) is 42.5 Å². The van der Waals surface area contributed by atoms with Gasteiger partial charge in [0.1, 0.15) is 0 Å². The number of amides is 3. The molecule has 26 heavy (non-hydrogen) atoms. The minimum Gasteiger partial charge on any atom is -0.342 e. The van der Waals surface area contributed by atoms with Crippen LogP contribution in [0.1, 0.15) is 23.3 Å². The van der Waals surface area contributed by atoms with E-state index in [0.717, 1.165) is 36.4 Å². The normalized spacial score (nSPS) is 17.2. The maximum absolute atomic E-state index is 12.6. The van der Waals surface area contributed by atoms with Crippen molar-refractivity contribution in [2.45, 2.75) is 31.7 Å². The summed E-state index contributed by atoms with van der Waals surface area (Å²) in [5.41, 5.74) is 2.25. The average Bonchev–Trinajstić information content (AvgIpc) is 3.31. The summed E-state index contributed by atoms with van der Waals surface area (Å²) < 4.78 is 0. The molecular formula is C20H23N3O2S. The van der Waals surface area contributed by atoms with E-state index >= 15 is 0 Å². The van der Waals surface area contributed by atoms with Crippen LogP contribution in [-0.2, 0) is 17.6 Å². The minimum absolute atomic E-state index is 0.0155. The highest BCUT2D eigenvalue weighted by molar-refractivity contribution is 7.10. The van der Waals surface area contributed by atoms with Crippen LogP contribution in [0.5, 0.6) is 0 Å². The summed E-state index contributed by atoms with van der Waals surface area (Å²) in [4.78, 5) is 29.9. The van der Waals surface area contributed by atoms with Crippen molar-refractivity contribution in [1.29, 1.82) is 0 Å². The van der Waals surface area contributed by atoms with Gasteiger partial charge in [-0.15, -0.1) is 11.3 Å². The molecule has 1 aromatic heterocycles. The van der Waals surface area contributed by atoms with Crippen molar-refractivity contribution in [2.24, 2.45) is 0 Å². The van der Waals surface area contributed by atoms with E-state index in [2.05, 4.69) is 11.4 Å². The zero-order chi connectivity index (χ0) is 17.9. The number of carbonyl (C=O) groups is 2. The molecule has 0 aliphatic carbocycles. The van der Waals surface area contributed by atoms with Crippen LogP contribution in [0, 0.1) is 0 Å². The molecule has 5 nitrogen and oxygen atoms in total. The quantitative estimate of drug-likeness (QED) is 0.904. The second-order valence-electron chi connectivity index (χ2n) is 6.89. The number of piperidine rings is 1. The number of thiophene rings is 1. The van der Waals surface area contributed by atoms with Gasteiger partial charge < -0.3 is 10.2 Å². The molecule has 1 N–H and O–H groups in total. The largest absolute Gasteiger partial charge is 0.342 e. The standard InChI is InChI=1S/C20H23N3O2S/c24-19(14-17-5-3-13-26-17)22-10-8-16(9-11-22)21-20(25)23-12-7-15-4-1-2-6-18(15)23/h1-6,13,16H,7-12,14H2,(H,21,25). The first-order chi connectivity index (χ1) is 12.7. The predicted octanol–water partition coefficient (Wildman–Crippen LogP) is 3.05. The summed E-state index contributed by atoms with van der Waals surface area (Å²) in [5, 5.41) is 5.16.